The number of rotatable bonds is 3. The van der Waals surface area contributed by atoms with Crippen LogP contribution in [-0.4, -0.2) is 76.0 Å². The molecule has 3 heterocycles. The van der Waals surface area contributed by atoms with Gasteiger partial charge in [-0.15, -0.1) is 5.10 Å². The lowest BCUT2D eigenvalue weighted by Gasteiger charge is -2.27. The molecule has 0 N–H and O–H groups in total. The maximum Gasteiger partial charge on any atom is 0.276 e. The highest BCUT2D eigenvalue weighted by Gasteiger charge is 2.32. The molecule has 2 fully saturated rings. The number of likely N-dealkylation sites (tertiary alicyclic amines) is 1. The molecule has 2 saturated heterocycles. The van der Waals surface area contributed by atoms with E-state index in [1.807, 2.05) is 35.2 Å². The highest BCUT2D eigenvalue weighted by Crippen LogP contribution is 2.17. The number of hydrogen-bond donors (Lipinski definition) is 0. The van der Waals surface area contributed by atoms with Crippen LogP contribution in [0.2, 0.25) is 0 Å². The van der Waals surface area contributed by atoms with E-state index in [0.29, 0.717) is 26.3 Å². The number of hydrogen-bond acceptors (Lipinski definition) is 5. The molecule has 0 radical (unpaired) electrons. The third-order valence-corrected chi connectivity index (χ3v) is 5.55. The summed E-state index contributed by atoms with van der Waals surface area (Å²) in [5.74, 6) is -0.449. The summed E-state index contributed by atoms with van der Waals surface area (Å²) in [7, 11) is 0. The second kappa shape index (κ2) is 9.17. The van der Waals surface area contributed by atoms with E-state index in [2.05, 4.69) is 10.3 Å². The van der Waals surface area contributed by atoms with E-state index >= 15 is 0 Å². The molecule has 29 heavy (non-hydrogen) atoms. The van der Waals surface area contributed by atoms with Gasteiger partial charge < -0.3 is 14.5 Å². The number of amides is 2. The summed E-state index contributed by atoms with van der Waals surface area (Å²) in [6.07, 6.45) is 6.07. The summed E-state index contributed by atoms with van der Waals surface area (Å²) in [4.78, 5) is 29.7. The lowest BCUT2D eigenvalue weighted by Crippen LogP contribution is -2.44. The van der Waals surface area contributed by atoms with Crippen molar-refractivity contribution in [1.29, 1.82) is 0 Å². The van der Waals surface area contributed by atoms with E-state index in [-0.39, 0.29) is 23.4 Å². The normalized spacial score (nSPS) is 20.8. The van der Waals surface area contributed by atoms with E-state index in [9.17, 15) is 9.59 Å². The van der Waals surface area contributed by atoms with Crippen molar-refractivity contribution in [2.45, 2.75) is 25.7 Å². The van der Waals surface area contributed by atoms with E-state index < -0.39 is 0 Å². The van der Waals surface area contributed by atoms with Gasteiger partial charge in [0.2, 0.25) is 5.91 Å². The Morgan fingerprint density at radius 3 is 2.48 bits per heavy atom. The Balaban J connectivity index is 1.45. The molecule has 8 nitrogen and oxygen atoms in total. The van der Waals surface area contributed by atoms with Crippen molar-refractivity contribution in [3.63, 3.8) is 0 Å². The van der Waals surface area contributed by atoms with Crippen molar-refractivity contribution < 1.29 is 14.3 Å². The highest BCUT2D eigenvalue weighted by molar-refractivity contribution is 5.92. The third-order valence-electron chi connectivity index (χ3n) is 5.55. The van der Waals surface area contributed by atoms with E-state index in [0.717, 1.165) is 31.6 Å². The lowest BCUT2D eigenvalue weighted by atomic mass is 10.1. The number of aromatic nitrogens is 3. The zero-order chi connectivity index (χ0) is 20.1. The largest absolute Gasteiger partial charge is 0.379 e. The molecule has 1 aromatic carbocycles. The minimum atomic E-state index is -0.330. The first-order chi connectivity index (χ1) is 14.2. The molecular weight excluding hydrogens is 370 g/mol. The molecule has 2 aliphatic rings. The van der Waals surface area contributed by atoms with Crippen LogP contribution < -0.4 is 0 Å². The summed E-state index contributed by atoms with van der Waals surface area (Å²) in [6, 6.07) is 9.54. The van der Waals surface area contributed by atoms with Crippen LogP contribution in [-0.2, 0) is 9.53 Å². The molecular formula is C21H27N5O3. The Kier molecular flexibility index (Phi) is 6.19. The Labute approximate surface area is 170 Å². The molecule has 0 bridgehead atoms. The Bertz CT molecular complexity index is 830. The van der Waals surface area contributed by atoms with Crippen LogP contribution in [0.25, 0.3) is 5.69 Å². The average Bonchev–Trinajstić information content (AvgIpc) is 2.95. The number of ether oxygens (including phenoxy) is 1. The number of para-hydroxylation sites is 1. The molecule has 2 aliphatic heterocycles. The highest BCUT2D eigenvalue weighted by atomic mass is 16.5. The van der Waals surface area contributed by atoms with Crippen LogP contribution in [0.1, 0.15) is 36.2 Å². The molecule has 8 heteroatoms. The molecule has 1 aromatic heterocycles. The van der Waals surface area contributed by atoms with E-state index in [4.69, 9.17) is 4.74 Å². The average molecular weight is 397 g/mol. The zero-order valence-electron chi connectivity index (χ0n) is 16.6. The van der Waals surface area contributed by atoms with E-state index in [1.165, 1.54) is 12.8 Å². The topological polar surface area (TPSA) is 80.6 Å². The quantitative estimate of drug-likeness (QED) is 0.788. The van der Waals surface area contributed by atoms with Gasteiger partial charge in [-0.3, -0.25) is 9.59 Å². The number of carbonyl (C=O) groups excluding carboxylic acids is 2. The van der Waals surface area contributed by atoms with Crippen LogP contribution in [0, 0.1) is 5.92 Å². The smallest absolute Gasteiger partial charge is 0.276 e. The fourth-order valence-corrected chi connectivity index (χ4v) is 3.92. The molecule has 2 aromatic rings. The predicted molar refractivity (Wildman–Crippen MR) is 107 cm³/mol. The van der Waals surface area contributed by atoms with Crippen molar-refractivity contribution in [1.82, 2.24) is 24.8 Å². The third kappa shape index (κ3) is 4.64. The number of benzene rings is 1. The first-order valence-corrected chi connectivity index (χ1v) is 10.4. The van der Waals surface area contributed by atoms with Gasteiger partial charge in [0.05, 0.1) is 31.0 Å². The molecule has 0 spiro atoms. The summed E-state index contributed by atoms with van der Waals surface area (Å²) in [5, 5.41) is 8.13. The second-order valence-corrected chi connectivity index (χ2v) is 7.65. The summed E-state index contributed by atoms with van der Waals surface area (Å²) in [6.45, 7) is 3.18. The van der Waals surface area contributed by atoms with Gasteiger partial charge in [-0.1, -0.05) is 36.3 Å². The zero-order valence-corrected chi connectivity index (χ0v) is 16.6. The minimum Gasteiger partial charge on any atom is -0.379 e. The van der Waals surface area contributed by atoms with Crippen molar-refractivity contribution >= 4 is 11.8 Å². The SMILES string of the molecule is O=C(c1cn(-c2ccccc2)nn1)N1CCOCC(C(=O)N2CCCCCC2)C1. The fourth-order valence-electron chi connectivity index (χ4n) is 3.92. The molecule has 1 atom stereocenters. The number of carbonyl (C=O) groups is 2. The summed E-state index contributed by atoms with van der Waals surface area (Å²) < 4.78 is 7.24. The van der Waals surface area contributed by atoms with Gasteiger partial charge in [-0.25, -0.2) is 4.68 Å². The second-order valence-electron chi connectivity index (χ2n) is 7.65. The van der Waals surface area contributed by atoms with Crippen molar-refractivity contribution in [2.75, 3.05) is 39.4 Å². The maximum absolute atomic E-state index is 13.0. The van der Waals surface area contributed by atoms with Crippen molar-refractivity contribution in [3.8, 4) is 5.69 Å². The van der Waals surface area contributed by atoms with Crippen molar-refractivity contribution in [2.24, 2.45) is 5.92 Å². The summed E-state index contributed by atoms with van der Waals surface area (Å²) >= 11 is 0. The monoisotopic (exact) mass is 397 g/mol. The van der Waals surface area contributed by atoms with Gasteiger partial charge >= 0.3 is 0 Å². The number of nitrogens with zero attached hydrogens (tertiary/aromatic N) is 5. The molecule has 0 aliphatic carbocycles. The van der Waals surface area contributed by atoms with Crippen LogP contribution in [0.3, 0.4) is 0 Å². The Hall–Kier alpha value is -2.74. The minimum absolute atomic E-state index is 0.0968. The fraction of sp³-hybridized carbons (Fsp3) is 0.524. The van der Waals surface area contributed by atoms with E-state index in [1.54, 1.807) is 15.8 Å². The molecule has 4 rings (SSSR count). The first-order valence-electron chi connectivity index (χ1n) is 10.4. The van der Waals surface area contributed by atoms with Gasteiger partial charge in [-0.2, -0.15) is 0 Å². The lowest BCUT2D eigenvalue weighted by molar-refractivity contribution is -0.137. The van der Waals surface area contributed by atoms with Crippen LogP contribution in [0.5, 0.6) is 0 Å². The molecule has 154 valence electrons. The maximum atomic E-state index is 13.0. The van der Waals surface area contributed by atoms with Gasteiger partial charge in [0.1, 0.15) is 0 Å². The standard InChI is InChI=1S/C21H27N5O3/c27-20(24-10-6-1-2-7-11-24)17-14-25(12-13-29-16-17)21(28)19-15-26(23-22-19)18-8-4-3-5-9-18/h3-5,8-9,15,17H,1-2,6-7,10-14,16H2. The van der Waals surface area contributed by atoms with Crippen LogP contribution in [0.15, 0.2) is 36.5 Å². The Morgan fingerprint density at radius 2 is 1.72 bits per heavy atom. The van der Waals surface area contributed by atoms with Crippen LogP contribution in [0.4, 0.5) is 0 Å². The molecule has 0 saturated carbocycles. The van der Waals surface area contributed by atoms with Gasteiger partial charge in [0, 0.05) is 26.2 Å². The van der Waals surface area contributed by atoms with Crippen molar-refractivity contribution in [3.05, 3.63) is 42.2 Å². The molecule has 2 amide bonds. The van der Waals surface area contributed by atoms with Crippen LogP contribution >= 0.6 is 0 Å². The van der Waals surface area contributed by atoms with Gasteiger partial charge in [0.25, 0.3) is 5.91 Å². The van der Waals surface area contributed by atoms with Gasteiger partial charge in [-0.05, 0) is 25.0 Å². The Morgan fingerprint density at radius 1 is 0.966 bits per heavy atom. The first kappa shape index (κ1) is 19.6. The van der Waals surface area contributed by atoms with Gasteiger partial charge in [0.15, 0.2) is 5.69 Å². The summed E-state index contributed by atoms with van der Waals surface area (Å²) in [5.41, 5.74) is 1.11. The predicted octanol–water partition coefficient (Wildman–Crippen LogP) is 1.76. The molecule has 1 unspecified atom stereocenters.